The van der Waals surface area contributed by atoms with Gasteiger partial charge in [-0.1, -0.05) is 35.2 Å². The maximum Gasteiger partial charge on any atom is 0.237 e. The standard InChI is InChI=1S/C17H19N5O2S2/c1-11(15(23)20-14-7-3-2-5-12(14)9-18)25-17-22-21-16(26-17)19-10-13-6-4-8-24-13/h2-3,5,7,11,13H,4,6,8,10H2,1H3,(H,19,21)(H,20,23)/t11-,13-/m1/s1. The average Bonchev–Trinajstić information content (AvgIpc) is 3.32. The number of carbonyl (C=O) groups is 1. The number of nitrogens with one attached hydrogen (secondary N) is 2. The first kappa shape index (κ1) is 18.6. The number of hydrogen-bond donors (Lipinski definition) is 2. The second-order valence-electron chi connectivity index (χ2n) is 5.80. The van der Waals surface area contributed by atoms with Crippen LogP contribution in [0.2, 0.25) is 0 Å². The van der Waals surface area contributed by atoms with Gasteiger partial charge in [0.15, 0.2) is 4.34 Å². The van der Waals surface area contributed by atoms with Crippen molar-refractivity contribution in [1.29, 1.82) is 5.26 Å². The highest BCUT2D eigenvalue weighted by Gasteiger charge is 2.19. The summed E-state index contributed by atoms with van der Waals surface area (Å²) in [7, 11) is 0. The molecule has 26 heavy (non-hydrogen) atoms. The summed E-state index contributed by atoms with van der Waals surface area (Å²) in [6.07, 6.45) is 2.40. The minimum atomic E-state index is -0.360. The first-order valence-corrected chi connectivity index (χ1v) is 10.0. The van der Waals surface area contributed by atoms with E-state index in [4.69, 9.17) is 10.00 Å². The van der Waals surface area contributed by atoms with Crippen LogP contribution in [0, 0.1) is 11.3 Å². The van der Waals surface area contributed by atoms with Crippen LogP contribution in [0.25, 0.3) is 0 Å². The number of rotatable bonds is 7. The summed E-state index contributed by atoms with van der Waals surface area (Å²) in [5.41, 5.74) is 0.957. The Morgan fingerprint density at radius 3 is 3.12 bits per heavy atom. The van der Waals surface area contributed by atoms with Crippen LogP contribution in [0.1, 0.15) is 25.3 Å². The lowest BCUT2D eigenvalue weighted by atomic mass is 10.2. The van der Waals surface area contributed by atoms with Crippen molar-refractivity contribution in [3.8, 4) is 6.07 Å². The molecular weight excluding hydrogens is 370 g/mol. The van der Waals surface area contributed by atoms with Gasteiger partial charge < -0.3 is 15.4 Å². The van der Waals surface area contributed by atoms with Gasteiger partial charge >= 0.3 is 0 Å². The number of ether oxygens (including phenoxy) is 1. The van der Waals surface area contributed by atoms with E-state index in [2.05, 4.69) is 26.9 Å². The number of amides is 1. The number of para-hydroxylation sites is 1. The van der Waals surface area contributed by atoms with Crippen molar-refractivity contribution < 1.29 is 9.53 Å². The van der Waals surface area contributed by atoms with E-state index < -0.39 is 0 Å². The maximum atomic E-state index is 12.4. The first-order valence-electron chi connectivity index (χ1n) is 8.31. The topological polar surface area (TPSA) is 99.9 Å². The minimum Gasteiger partial charge on any atom is -0.376 e. The summed E-state index contributed by atoms with van der Waals surface area (Å²) in [6.45, 7) is 3.35. The molecule has 0 spiro atoms. The van der Waals surface area contributed by atoms with E-state index in [1.165, 1.54) is 23.1 Å². The Morgan fingerprint density at radius 1 is 1.50 bits per heavy atom. The Labute approximate surface area is 160 Å². The fraction of sp³-hybridized carbons (Fsp3) is 0.412. The van der Waals surface area contributed by atoms with Crippen LogP contribution in [0.5, 0.6) is 0 Å². The number of carbonyl (C=O) groups excluding carboxylic acids is 1. The van der Waals surface area contributed by atoms with Crippen molar-refractivity contribution in [2.24, 2.45) is 0 Å². The van der Waals surface area contributed by atoms with E-state index in [1.54, 1.807) is 31.2 Å². The third-order valence-corrected chi connectivity index (χ3v) is 5.93. The zero-order valence-electron chi connectivity index (χ0n) is 14.3. The van der Waals surface area contributed by atoms with Gasteiger partial charge in [0.25, 0.3) is 0 Å². The number of benzene rings is 1. The van der Waals surface area contributed by atoms with Crippen molar-refractivity contribution >= 4 is 39.8 Å². The summed E-state index contributed by atoms with van der Waals surface area (Å²) >= 11 is 2.76. The molecular formula is C17H19N5O2S2. The molecule has 1 fully saturated rings. The second kappa shape index (κ2) is 8.98. The van der Waals surface area contributed by atoms with Crippen molar-refractivity contribution in [2.45, 2.75) is 35.5 Å². The molecule has 1 aliphatic heterocycles. The summed E-state index contributed by atoms with van der Waals surface area (Å²) < 4.78 is 6.28. The third kappa shape index (κ3) is 4.94. The zero-order valence-corrected chi connectivity index (χ0v) is 15.9. The molecule has 2 atom stereocenters. The molecule has 0 radical (unpaired) electrons. The quantitative estimate of drug-likeness (QED) is 0.702. The van der Waals surface area contributed by atoms with Crippen molar-refractivity contribution in [3.63, 3.8) is 0 Å². The number of thioether (sulfide) groups is 1. The molecule has 0 aliphatic carbocycles. The lowest BCUT2D eigenvalue weighted by Crippen LogP contribution is -2.22. The lowest BCUT2D eigenvalue weighted by molar-refractivity contribution is -0.115. The maximum absolute atomic E-state index is 12.4. The molecule has 1 aromatic carbocycles. The van der Waals surface area contributed by atoms with Gasteiger partial charge in [-0.25, -0.2) is 0 Å². The van der Waals surface area contributed by atoms with Gasteiger partial charge in [0.1, 0.15) is 6.07 Å². The molecule has 2 aromatic rings. The van der Waals surface area contributed by atoms with Gasteiger partial charge in [0.2, 0.25) is 11.0 Å². The van der Waals surface area contributed by atoms with Crippen LogP contribution in [-0.2, 0) is 9.53 Å². The molecule has 9 heteroatoms. The zero-order chi connectivity index (χ0) is 18.4. The molecule has 1 saturated heterocycles. The molecule has 2 heterocycles. The molecule has 2 N–H and O–H groups in total. The highest BCUT2D eigenvalue weighted by molar-refractivity contribution is 8.02. The summed E-state index contributed by atoms with van der Waals surface area (Å²) in [5.74, 6) is -0.179. The van der Waals surface area contributed by atoms with Gasteiger partial charge in [-0.2, -0.15) is 5.26 Å². The van der Waals surface area contributed by atoms with Crippen LogP contribution >= 0.6 is 23.1 Å². The van der Waals surface area contributed by atoms with E-state index in [-0.39, 0.29) is 17.3 Å². The van der Waals surface area contributed by atoms with Crippen LogP contribution in [0.15, 0.2) is 28.6 Å². The van der Waals surface area contributed by atoms with Crippen molar-refractivity contribution in [2.75, 3.05) is 23.8 Å². The second-order valence-corrected chi connectivity index (χ2v) is 8.36. The molecule has 7 nitrogen and oxygen atoms in total. The van der Waals surface area contributed by atoms with Crippen molar-refractivity contribution in [3.05, 3.63) is 29.8 Å². The summed E-state index contributed by atoms with van der Waals surface area (Å²) in [5, 5.41) is 23.7. The van der Waals surface area contributed by atoms with Gasteiger partial charge in [0.05, 0.1) is 22.6 Å². The number of hydrogen-bond acceptors (Lipinski definition) is 8. The Kier molecular flexibility index (Phi) is 6.44. The van der Waals surface area contributed by atoms with Gasteiger partial charge in [0, 0.05) is 13.2 Å². The van der Waals surface area contributed by atoms with Crippen LogP contribution in [-0.4, -0.2) is 40.6 Å². The fourth-order valence-electron chi connectivity index (χ4n) is 2.46. The molecule has 1 amide bonds. The largest absolute Gasteiger partial charge is 0.376 e. The predicted octanol–water partition coefficient (Wildman–Crippen LogP) is 3.12. The third-order valence-electron chi connectivity index (χ3n) is 3.86. The molecule has 0 bridgehead atoms. The van der Waals surface area contributed by atoms with Crippen LogP contribution < -0.4 is 10.6 Å². The van der Waals surface area contributed by atoms with E-state index in [0.29, 0.717) is 11.3 Å². The fourth-order valence-corrected chi connectivity index (χ4v) is 4.37. The number of nitriles is 1. The molecule has 1 aromatic heterocycles. The average molecular weight is 390 g/mol. The highest BCUT2D eigenvalue weighted by Crippen LogP contribution is 2.30. The van der Waals surface area contributed by atoms with Crippen LogP contribution in [0.3, 0.4) is 0 Å². The van der Waals surface area contributed by atoms with Gasteiger partial charge in [-0.15, -0.1) is 10.2 Å². The smallest absolute Gasteiger partial charge is 0.237 e. The minimum absolute atomic E-state index is 0.179. The number of aromatic nitrogens is 2. The first-order chi connectivity index (χ1) is 12.7. The predicted molar refractivity (Wildman–Crippen MR) is 102 cm³/mol. The Morgan fingerprint density at radius 2 is 2.35 bits per heavy atom. The Hall–Kier alpha value is -2.15. The van der Waals surface area contributed by atoms with Gasteiger partial charge in [-0.05, 0) is 31.9 Å². The van der Waals surface area contributed by atoms with Gasteiger partial charge in [-0.3, -0.25) is 4.79 Å². The molecule has 136 valence electrons. The van der Waals surface area contributed by atoms with E-state index >= 15 is 0 Å². The molecule has 0 saturated carbocycles. The summed E-state index contributed by atoms with van der Waals surface area (Å²) in [6, 6.07) is 9.00. The van der Waals surface area contributed by atoms with Crippen LogP contribution in [0.4, 0.5) is 10.8 Å². The molecule has 0 unspecified atom stereocenters. The number of anilines is 2. The monoisotopic (exact) mass is 389 g/mol. The highest BCUT2D eigenvalue weighted by atomic mass is 32.2. The lowest BCUT2D eigenvalue weighted by Gasteiger charge is -2.11. The number of nitrogens with zero attached hydrogens (tertiary/aromatic N) is 3. The van der Waals surface area contributed by atoms with E-state index in [1.807, 2.05) is 0 Å². The van der Waals surface area contributed by atoms with E-state index in [0.717, 1.165) is 35.5 Å². The molecule has 1 aliphatic rings. The normalized spacial score (nSPS) is 17.5. The van der Waals surface area contributed by atoms with E-state index in [9.17, 15) is 4.79 Å². The Bertz CT molecular complexity index is 798. The van der Waals surface area contributed by atoms with Crippen molar-refractivity contribution in [1.82, 2.24) is 10.2 Å². The SMILES string of the molecule is C[C@@H](Sc1nnc(NC[C@H]2CCCO2)s1)C(=O)Nc1ccccc1C#N. The molecule has 3 rings (SSSR count). The summed E-state index contributed by atoms with van der Waals surface area (Å²) in [4.78, 5) is 12.4. The Balaban J connectivity index is 1.51.